The number of hydrogen-bond donors (Lipinski definition) is 3. The number of carbonyl (C=O) groups is 1. The summed E-state index contributed by atoms with van der Waals surface area (Å²) in [6, 6.07) is 3.28. The summed E-state index contributed by atoms with van der Waals surface area (Å²) in [7, 11) is 0. The van der Waals surface area contributed by atoms with Crippen LogP contribution in [-0.4, -0.2) is 39.8 Å². The molecule has 1 amide bonds. The molecule has 1 aromatic carbocycles. The van der Waals surface area contributed by atoms with Crippen molar-refractivity contribution in [3.8, 4) is 11.5 Å². The number of carbonyl (C=O) groups excluding carboxylic acids is 1. The third kappa shape index (κ3) is 5.35. The van der Waals surface area contributed by atoms with Crippen molar-refractivity contribution in [3.63, 3.8) is 0 Å². The number of amides is 1. The smallest absolute Gasteiger partial charge is 0.250 e. The molecule has 2 aromatic rings. The predicted molar refractivity (Wildman–Crippen MR) is 97.8 cm³/mol. The Labute approximate surface area is 154 Å². The number of nitrogens with one attached hydrogen (secondary N) is 1. The fourth-order valence-electron chi connectivity index (χ4n) is 1.55. The number of halogens is 1. The van der Waals surface area contributed by atoms with Gasteiger partial charge in [0.05, 0.1) is 23.0 Å². The highest BCUT2D eigenvalue weighted by Gasteiger charge is 2.09. The van der Waals surface area contributed by atoms with E-state index in [-0.39, 0.29) is 17.4 Å². The van der Waals surface area contributed by atoms with Crippen LogP contribution < -0.4 is 15.9 Å². The Balaban J connectivity index is 1.90. The second kappa shape index (κ2) is 8.85. The lowest BCUT2D eigenvalue weighted by Crippen LogP contribution is -2.19. The number of thioether (sulfide) groups is 1. The maximum Gasteiger partial charge on any atom is 0.250 e. The van der Waals surface area contributed by atoms with E-state index in [1.165, 1.54) is 29.3 Å². The van der Waals surface area contributed by atoms with E-state index in [0.29, 0.717) is 31.9 Å². The Hall–Kier alpha value is -1.85. The summed E-state index contributed by atoms with van der Waals surface area (Å²) < 4.78 is 6.42. The van der Waals surface area contributed by atoms with Crippen LogP contribution in [0.2, 0.25) is 0 Å². The monoisotopic (exact) mass is 431 g/mol. The third-order valence-electron chi connectivity index (χ3n) is 2.50. The average Bonchev–Trinajstić information content (AvgIpc) is 2.96. The van der Waals surface area contributed by atoms with E-state index in [2.05, 4.69) is 36.7 Å². The van der Waals surface area contributed by atoms with E-state index in [1.807, 2.05) is 6.92 Å². The van der Waals surface area contributed by atoms with Gasteiger partial charge in [0.15, 0.2) is 15.8 Å². The molecule has 0 fully saturated rings. The van der Waals surface area contributed by atoms with Gasteiger partial charge >= 0.3 is 0 Å². The molecule has 1 aromatic heterocycles. The molecule has 0 saturated heterocycles. The number of phenols is 1. The van der Waals surface area contributed by atoms with Gasteiger partial charge in [-0.3, -0.25) is 4.79 Å². The van der Waals surface area contributed by atoms with E-state index in [9.17, 15) is 9.90 Å². The first-order chi connectivity index (χ1) is 11.5. The molecule has 1 heterocycles. The van der Waals surface area contributed by atoms with Crippen LogP contribution in [0, 0.1) is 0 Å². The number of ether oxygens (including phenoxy) is 1. The third-order valence-corrected chi connectivity index (χ3v) is 4.99. The van der Waals surface area contributed by atoms with Crippen LogP contribution in [0.5, 0.6) is 11.5 Å². The Kier molecular flexibility index (Phi) is 6.82. The fraction of sp³-hybridized carbons (Fsp3) is 0.231. The van der Waals surface area contributed by atoms with Crippen LogP contribution in [0.15, 0.2) is 26.0 Å². The van der Waals surface area contributed by atoms with Gasteiger partial charge in [-0.05, 0) is 40.5 Å². The van der Waals surface area contributed by atoms with E-state index in [4.69, 9.17) is 10.5 Å². The van der Waals surface area contributed by atoms with Gasteiger partial charge in [-0.2, -0.15) is 5.10 Å². The highest BCUT2D eigenvalue weighted by Crippen LogP contribution is 2.35. The van der Waals surface area contributed by atoms with Gasteiger partial charge in [-0.15, -0.1) is 10.2 Å². The topological polar surface area (TPSA) is 123 Å². The standard InChI is InChI=1S/C13H14BrN5O3S2/c1-2-22-9-4-7(3-8(14)11(9)21)5-16-17-10(20)6-23-13-19-18-12(15)24-13/h3-5,21H,2,6H2,1H3,(H2,15,18)(H,17,20). The lowest BCUT2D eigenvalue weighted by atomic mass is 10.2. The Morgan fingerprint density at radius 3 is 3.04 bits per heavy atom. The second-order valence-corrected chi connectivity index (χ2v) is 7.36. The summed E-state index contributed by atoms with van der Waals surface area (Å²) in [4.78, 5) is 11.7. The van der Waals surface area contributed by atoms with Gasteiger partial charge in [-0.25, -0.2) is 5.43 Å². The van der Waals surface area contributed by atoms with Crippen LogP contribution >= 0.6 is 39.0 Å². The normalized spacial score (nSPS) is 10.9. The molecule has 128 valence electrons. The minimum absolute atomic E-state index is 0.0192. The maximum atomic E-state index is 11.7. The van der Waals surface area contributed by atoms with Crippen molar-refractivity contribution in [2.45, 2.75) is 11.3 Å². The summed E-state index contributed by atoms with van der Waals surface area (Å²) in [6.45, 7) is 2.24. The average molecular weight is 432 g/mol. The zero-order valence-electron chi connectivity index (χ0n) is 12.5. The van der Waals surface area contributed by atoms with Crippen LogP contribution in [0.3, 0.4) is 0 Å². The van der Waals surface area contributed by atoms with Gasteiger partial charge in [-0.1, -0.05) is 23.1 Å². The predicted octanol–water partition coefficient (Wildman–Crippen LogP) is 2.23. The molecule has 24 heavy (non-hydrogen) atoms. The minimum Gasteiger partial charge on any atom is -0.503 e. The van der Waals surface area contributed by atoms with Crippen LogP contribution in [0.25, 0.3) is 0 Å². The van der Waals surface area contributed by atoms with Crippen molar-refractivity contribution in [3.05, 3.63) is 22.2 Å². The molecule has 0 bridgehead atoms. The molecule has 0 atom stereocenters. The first-order valence-electron chi connectivity index (χ1n) is 6.68. The van der Waals surface area contributed by atoms with E-state index >= 15 is 0 Å². The summed E-state index contributed by atoms with van der Waals surface area (Å²) in [5.41, 5.74) is 8.53. The number of hydrogen-bond acceptors (Lipinski definition) is 9. The number of nitrogen functional groups attached to an aromatic ring is 1. The SMILES string of the molecule is CCOc1cc(C=NNC(=O)CSc2nnc(N)s2)cc(Br)c1O. The van der Waals surface area contributed by atoms with Crippen LogP contribution in [0.1, 0.15) is 12.5 Å². The number of hydrazone groups is 1. The molecule has 0 aliphatic heterocycles. The first kappa shape index (κ1) is 18.5. The van der Waals surface area contributed by atoms with Gasteiger partial charge < -0.3 is 15.6 Å². The zero-order valence-corrected chi connectivity index (χ0v) is 15.7. The van der Waals surface area contributed by atoms with Crippen LogP contribution in [0.4, 0.5) is 5.13 Å². The van der Waals surface area contributed by atoms with Crippen molar-refractivity contribution in [2.75, 3.05) is 18.1 Å². The number of benzene rings is 1. The van der Waals surface area contributed by atoms with Gasteiger partial charge in [0.25, 0.3) is 5.91 Å². The highest BCUT2D eigenvalue weighted by molar-refractivity contribution is 9.10. The molecule has 0 unspecified atom stereocenters. The lowest BCUT2D eigenvalue weighted by Gasteiger charge is -2.08. The molecule has 4 N–H and O–H groups in total. The Morgan fingerprint density at radius 2 is 2.38 bits per heavy atom. The molecule has 0 radical (unpaired) electrons. The molecule has 11 heteroatoms. The highest BCUT2D eigenvalue weighted by atomic mass is 79.9. The van der Waals surface area contributed by atoms with Crippen molar-refractivity contribution in [1.29, 1.82) is 0 Å². The van der Waals surface area contributed by atoms with Crippen LogP contribution in [-0.2, 0) is 4.79 Å². The molecule has 0 saturated carbocycles. The number of phenolic OH excluding ortho intramolecular Hbond substituents is 1. The van der Waals surface area contributed by atoms with E-state index in [1.54, 1.807) is 12.1 Å². The Bertz CT molecular complexity index is 753. The molecular formula is C13H14BrN5O3S2. The summed E-state index contributed by atoms with van der Waals surface area (Å²) in [6.07, 6.45) is 1.46. The number of aromatic hydroxyl groups is 1. The fourth-order valence-corrected chi connectivity index (χ4v) is 3.44. The molecule has 0 aliphatic rings. The lowest BCUT2D eigenvalue weighted by molar-refractivity contribution is -0.118. The summed E-state index contributed by atoms with van der Waals surface area (Å²) in [5, 5.41) is 21.5. The second-order valence-electron chi connectivity index (χ2n) is 4.27. The quantitative estimate of drug-likeness (QED) is 0.348. The van der Waals surface area contributed by atoms with Crippen molar-refractivity contribution in [2.24, 2.45) is 5.10 Å². The molecule has 2 rings (SSSR count). The number of anilines is 1. The number of nitrogens with two attached hydrogens (primary N) is 1. The number of rotatable bonds is 7. The summed E-state index contributed by atoms with van der Waals surface area (Å²) >= 11 is 5.68. The molecule has 0 aliphatic carbocycles. The van der Waals surface area contributed by atoms with Crippen molar-refractivity contribution < 1.29 is 14.6 Å². The number of nitrogens with zero attached hydrogens (tertiary/aromatic N) is 3. The van der Waals surface area contributed by atoms with E-state index < -0.39 is 0 Å². The van der Waals surface area contributed by atoms with Gasteiger partial charge in [0, 0.05) is 0 Å². The molecule has 0 spiro atoms. The van der Waals surface area contributed by atoms with E-state index in [0.717, 1.165) is 0 Å². The summed E-state index contributed by atoms with van der Waals surface area (Å²) in [5.74, 6) is 0.220. The van der Waals surface area contributed by atoms with Gasteiger partial charge in [0.2, 0.25) is 5.13 Å². The zero-order chi connectivity index (χ0) is 17.5. The van der Waals surface area contributed by atoms with Gasteiger partial charge in [0.1, 0.15) is 0 Å². The largest absolute Gasteiger partial charge is 0.503 e. The van der Waals surface area contributed by atoms with Crippen molar-refractivity contribution >= 4 is 56.3 Å². The Morgan fingerprint density at radius 1 is 1.58 bits per heavy atom. The number of aromatic nitrogens is 2. The van der Waals surface area contributed by atoms with Crippen molar-refractivity contribution in [1.82, 2.24) is 15.6 Å². The first-order valence-corrected chi connectivity index (χ1v) is 9.28. The maximum absolute atomic E-state index is 11.7. The minimum atomic E-state index is -0.284. The molecular weight excluding hydrogens is 418 g/mol. The molecule has 8 nitrogen and oxygen atoms in total.